The minimum absolute atomic E-state index is 0.687. The third-order valence-corrected chi connectivity index (χ3v) is 3.15. The van der Waals surface area contributed by atoms with Crippen LogP contribution in [-0.2, 0) is 11.3 Å². The maximum Gasteiger partial charge on any atom is 0.128 e. The van der Waals surface area contributed by atoms with Crippen LogP contribution < -0.4 is 10.1 Å². The molecule has 0 spiro atoms. The summed E-state index contributed by atoms with van der Waals surface area (Å²) in [7, 11) is 1.68. The quantitative estimate of drug-likeness (QED) is 0.786. The second-order valence-corrected chi connectivity index (χ2v) is 4.75. The van der Waals surface area contributed by atoms with Crippen molar-refractivity contribution < 1.29 is 9.47 Å². The van der Waals surface area contributed by atoms with Gasteiger partial charge in [0.1, 0.15) is 11.5 Å². The number of hydrogen-bond donors (Lipinski definition) is 1. The molecule has 0 atom stereocenters. The number of ether oxygens (including phenoxy) is 2. The molecular weight excluding hydrogens is 274 g/mol. The highest BCUT2D eigenvalue weighted by Gasteiger charge is 2.03. The molecule has 0 aliphatic heterocycles. The first-order chi connectivity index (χ1) is 9.79. The molecule has 0 amide bonds. The second-order valence-electron chi connectivity index (χ2n) is 4.34. The highest BCUT2D eigenvalue weighted by atomic mass is 35.5. The van der Waals surface area contributed by atoms with E-state index in [4.69, 9.17) is 21.1 Å². The molecule has 3 nitrogen and oxygen atoms in total. The van der Waals surface area contributed by atoms with E-state index in [1.165, 1.54) is 0 Å². The fraction of sp³-hybridized carbons (Fsp3) is 0.250. The van der Waals surface area contributed by atoms with Crippen molar-refractivity contribution >= 4 is 11.6 Å². The van der Waals surface area contributed by atoms with Crippen LogP contribution in [0.4, 0.5) is 0 Å². The molecule has 106 valence electrons. The standard InChI is InChI=1S/C16H18ClNO2/c1-19-10-9-18-12-13-7-8-15(11-16(13)17)20-14-5-3-2-4-6-14/h2-8,11,18H,9-10,12H2,1H3. The maximum absolute atomic E-state index is 6.26. The van der Waals surface area contributed by atoms with Gasteiger partial charge in [0.15, 0.2) is 0 Å². The maximum atomic E-state index is 6.26. The number of benzene rings is 2. The molecule has 0 heterocycles. The Morgan fingerprint density at radius 3 is 2.55 bits per heavy atom. The Bertz CT molecular complexity index is 531. The van der Waals surface area contributed by atoms with E-state index in [0.717, 1.165) is 23.6 Å². The number of methoxy groups -OCH3 is 1. The van der Waals surface area contributed by atoms with E-state index in [1.807, 2.05) is 48.5 Å². The molecule has 0 fully saturated rings. The van der Waals surface area contributed by atoms with Crippen molar-refractivity contribution in [3.8, 4) is 11.5 Å². The van der Waals surface area contributed by atoms with Crippen LogP contribution in [0.1, 0.15) is 5.56 Å². The van der Waals surface area contributed by atoms with Crippen LogP contribution in [0, 0.1) is 0 Å². The first kappa shape index (κ1) is 14.9. The van der Waals surface area contributed by atoms with Crippen LogP contribution in [0.2, 0.25) is 5.02 Å². The Kier molecular flexibility index (Phi) is 5.87. The predicted molar refractivity (Wildman–Crippen MR) is 81.6 cm³/mol. The molecule has 1 N–H and O–H groups in total. The average molecular weight is 292 g/mol. The third kappa shape index (κ3) is 4.53. The Balaban J connectivity index is 1.95. The molecule has 0 aliphatic rings. The molecule has 4 heteroatoms. The molecule has 0 radical (unpaired) electrons. The monoisotopic (exact) mass is 291 g/mol. The molecule has 20 heavy (non-hydrogen) atoms. The van der Waals surface area contributed by atoms with E-state index in [2.05, 4.69) is 5.32 Å². The van der Waals surface area contributed by atoms with Gasteiger partial charge in [-0.1, -0.05) is 35.9 Å². The summed E-state index contributed by atoms with van der Waals surface area (Å²) in [5, 5.41) is 3.96. The van der Waals surface area contributed by atoms with E-state index >= 15 is 0 Å². The number of para-hydroxylation sites is 1. The Morgan fingerprint density at radius 2 is 1.85 bits per heavy atom. The van der Waals surface area contributed by atoms with Crippen molar-refractivity contribution in [1.82, 2.24) is 5.32 Å². The highest BCUT2D eigenvalue weighted by molar-refractivity contribution is 6.31. The van der Waals surface area contributed by atoms with Crippen molar-refractivity contribution in [3.63, 3.8) is 0 Å². The summed E-state index contributed by atoms with van der Waals surface area (Å²) < 4.78 is 10.7. The van der Waals surface area contributed by atoms with E-state index in [9.17, 15) is 0 Å². The fourth-order valence-electron chi connectivity index (χ4n) is 1.76. The van der Waals surface area contributed by atoms with Gasteiger partial charge >= 0.3 is 0 Å². The Morgan fingerprint density at radius 1 is 1.05 bits per heavy atom. The van der Waals surface area contributed by atoms with Crippen LogP contribution >= 0.6 is 11.6 Å². The molecule has 0 saturated heterocycles. The Hall–Kier alpha value is -1.55. The first-order valence-electron chi connectivity index (χ1n) is 6.50. The molecule has 0 bridgehead atoms. The van der Waals surface area contributed by atoms with Crippen LogP contribution in [0.5, 0.6) is 11.5 Å². The molecule has 0 unspecified atom stereocenters. The van der Waals surface area contributed by atoms with Gasteiger partial charge in [-0.2, -0.15) is 0 Å². The highest BCUT2D eigenvalue weighted by Crippen LogP contribution is 2.26. The zero-order valence-electron chi connectivity index (χ0n) is 11.4. The third-order valence-electron chi connectivity index (χ3n) is 2.80. The van der Waals surface area contributed by atoms with E-state index in [-0.39, 0.29) is 0 Å². The minimum Gasteiger partial charge on any atom is -0.457 e. The van der Waals surface area contributed by atoms with E-state index in [1.54, 1.807) is 7.11 Å². The van der Waals surface area contributed by atoms with Gasteiger partial charge in [-0.15, -0.1) is 0 Å². The van der Waals surface area contributed by atoms with E-state index in [0.29, 0.717) is 18.2 Å². The molecule has 0 aliphatic carbocycles. The van der Waals surface area contributed by atoms with Crippen LogP contribution in [0.15, 0.2) is 48.5 Å². The van der Waals surface area contributed by atoms with Gasteiger partial charge in [-0.3, -0.25) is 0 Å². The summed E-state index contributed by atoms with van der Waals surface area (Å²) in [5.41, 5.74) is 1.04. The van der Waals surface area contributed by atoms with Gasteiger partial charge < -0.3 is 14.8 Å². The topological polar surface area (TPSA) is 30.5 Å². The van der Waals surface area contributed by atoms with Crippen molar-refractivity contribution in [2.45, 2.75) is 6.54 Å². The lowest BCUT2D eigenvalue weighted by Crippen LogP contribution is -2.18. The summed E-state index contributed by atoms with van der Waals surface area (Å²) in [6, 6.07) is 15.4. The van der Waals surface area contributed by atoms with Gasteiger partial charge in [0.2, 0.25) is 0 Å². The molecule has 2 aromatic rings. The van der Waals surface area contributed by atoms with Crippen LogP contribution in [0.25, 0.3) is 0 Å². The SMILES string of the molecule is COCCNCc1ccc(Oc2ccccc2)cc1Cl. The summed E-state index contributed by atoms with van der Waals surface area (Å²) in [5.74, 6) is 1.54. The smallest absolute Gasteiger partial charge is 0.128 e. The van der Waals surface area contributed by atoms with Gasteiger partial charge in [0.05, 0.1) is 6.61 Å². The minimum atomic E-state index is 0.687. The van der Waals surface area contributed by atoms with Crippen LogP contribution in [-0.4, -0.2) is 20.3 Å². The summed E-state index contributed by atoms with van der Waals surface area (Å²) in [6.45, 7) is 2.20. The number of hydrogen-bond acceptors (Lipinski definition) is 3. The molecule has 2 aromatic carbocycles. The summed E-state index contributed by atoms with van der Waals surface area (Å²) in [6.07, 6.45) is 0. The lowest BCUT2D eigenvalue weighted by Gasteiger charge is -2.09. The fourth-order valence-corrected chi connectivity index (χ4v) is 1.99. The second kappa shape index (κ2) is 7.90. The number of rotatable bonds is 7. The predicted octanol–water partition coefficient (Wildman–Crippen LogP) is 3.87. The van der Waals surface area contributed by atoms with Crippen molar-refractivity contribution in [3.05, 3.63) is 59.1 Å². The van der Waals surface area contributed by atoms with Crippen molar-refractivity contribution in [2.24, 2.45) is 0 Å². The molecule has 0 aromatic heterocycles. The zero-order chi connectivity index (χ0) is 14.2. The first-order valence-corrected chi connectivity index (χ1v) is 6.88. The largest absolute Gasteiger partial charge is 0.457 e. The lowest BCUT2D eigenvalue weighted by atomic mass is 10.2. The van der Waals surface area contributed by atoms with Crippen molar-refractivity contribution in [1.29, 1.82) is 0 Å². The van der Waals surface area contributed by atoms with E-state index < -0.39 is 0 Å². The molecule has 0 saturated carbocycles. The molecule has 2 rings (SSSR count). The molecular formula is C16H18ClNO2. The zero-order valence-corrected chi connectivity index (χ0v) is 12.2. The lowest BCUT2D eigenvalue weighted by molar-refractivity contribution is 0.199. The van der Waals surface area contributed by atoms with Gasteiger partial charge in [0.25, 0.3) is 0 Å². The summed E-state index contributed by atoms with van der Waals surface area (Å²) in [4.78, 5) is 0. The number of nitrogens with one attached hydrogen (secondary N) is 1. The van der Waals surface area contributed by atoms with Gasteiger partial charge in [0, 0.05) is 25.2 Å². The normalized spacial score (nSPS) is 10.5. The summed E-state index contributed by atoms with van der Waals surface area (Å²) >= 11 is 6.26. The van der Waals surface area contributed by atoms with Gasteiger partial charge in [-0.25, -0.2) is 0 Å². The average Bonchev–Trinajstić information content (AvgIpc) is 2.46. The van der Waals surface area contributed by atoms with Crippen LogP contribution in [0.3, 0.4) is 0 Å². The van der Waals surface area contributed by atoms with Gasteiger partial charge in [-0.05, 0) is 29.8 Å². The van der Waals surface area contributed by atoms with Crippen molar-refractivity contribution in [2.75, 3.05) is 20.3 Å². The Labute approximate surface area is 124 Å². The number of halogens is 1.